The summed E-state index contributed by atoms with van der Waals surface area (Å²) in [4.78, 5) is 47.6. The minimum absolute atomic E-state index is 0.0554. The second-order valence-electron chi connectivity index (χ2n) is 7.33. The number of rotatable bonds is 7. The van der Waals surface area contributed by atoms with Gasteiger partial charge in [-0.25, -0.2) is 10.3 Å². The number of aromatic nitrogens is 1. The van der Waals surface area contributed by atoms with Crippen LogP contribution in [0.25, 0.3) is 0 Å². The maximum absolute atomic E-state index is 12.2. The summed E-state index contributed by atoms with van der Waals surface area (Å²) in [5.74, 6) is -0.488. The molecule has 176 valence electrons. The molecule has 0 aliphatic carbocycles. The van der Waals surface area contributed by atoms with Crippen molar-refractivity contribution in [3.05, 3.63) is 30.6 Å². The Bertz CT molecular complexity index is 888. The number of likely N-dealkylation sites (tertiary alicyclic amines) is 1. The van der Waals surface area contributed by atoms with Crippen molar-refractivity contribution in [1.82, 2.24) is 25.3 Å². The first-order valence-electron chi connectivity index (χ1n) is 10.1. The number of amides is 4. The van der Waals surface area contributed by atoms with E-state index in [-0.39, 0.29) is 19.1 Å². The fraction of sp³-hybridized carbons (Fsp3) is 0.556. The van der Waals surface area contributed by atoms with Gasteiger partial charge in [-0.15, -0.1) is 4.28 Å². The molecule has 3 saturated heterocycles. The smallest absolute Gasteiger partial charge is 0.340 e. The van der Waals surface area contributed by atoms with E-state index in [2.05, 4.69) is 14.7 Å². The first-order valence-corrected chi connectivity index (χ1v) is 11.4. The third-order valence-electron chi connectivity index (χ3n) is 5.17. The van der Waals surface area contributed by atoms with Crippen LogP contribution in [0.1, 0.15) is 25.7 Å². The summed E-state index contributed by atoms with van der Waals surface area (Å²) < 4.78 is 34.7. The number of fused-ring (bicyclic) bond motifs is 2. The SMILES string of the molecule is O=C(NOCCN1CCCC1=O)[C@@H]1CC[C@@H]2CN1C(=O)N2OS(=O)(=O)O.c1ccncc1. The average Bonchev–Trinajstić information content (AvgIpc) is 3.28. The molecule has 3 fully saturated rings. The number of carbonyl (C=O) groups excluding carboxylic acids is 3. The van der Waals surface area contributed by atoms with Gasteiger partial charge in [0.15, 0.2) is 0 Å². The molecule has 4 heterocycles. The van der Waals surface area contributed by atoms with Crippen molar-refractivity contribution in [3.8, 4) is 0 Å². The van der Waals surface area contributed by atoms with E-state index in [0.29, 0.717) is 37.4 Å². The third kappa shape index (κ3) is 6.35. The molecule has 1 aromatic heterocycles. The molecule has 0 saturated carbocycles. The molecule has 2 bridgehead atoms. The zero-order valence-electron chi connectivity index (χ0n) is 17.2. The minimum atomic E-state index is -4.83. The highest BCUT2D eigenvalue weighted by Crippen LogP contribution is 2.30. The molecule has 1 aromatic rings. The predicted molar refractivity (Wildman–Crippen MR) is 108 cm³/mol. The van der Waals surface area contributed by atoms with Crippen molar-refractivity contribution in [3.63, 3.8) is 0 Å². The van der Waals surface area contributed by atoms with Crippen molar-refractivity contribution >= 4 is 28.2 Å². The summed E-state index contributed by atoms with van der Waals surface area (Å²) in [6.07, 6.45) is 5.46. The van der Waals surface area contributed by atoms with E-state index in [9.17, 15) is 22.8 Å². The first-order chi connectivity index (χ1) is 15.3. The van der Waals surface area contributed by atoms with E-state index >= 15 is 0 Å². The molecule has 14 heteroatoms. The van der Waals surface area contributed by atoms with Gasteiger partial charge >= 0.3 is 16.4 Å². The van der Waals surface area contributed by atoms with Crippen LogP contribution in [0, 0.1) is 0 Å². The molecule has 32 heavy (non-hydrogen) atoms. The number of hydrogen-bond acceptors (Lipinski definition) is 8. The number of carbonyl (C=O) groups is 3. The predicted octanol–water partition coefficient (Wildman–Crippen LogP) is -0.259. The monoisotopic (exact) mass is 471 g/mol. The molecule has 0 spiro atoms. The Morgan fingerprint density at radius 1 is 1.22 bits per heavy atom. The fourth-order valence-corrected chi connectivity index (χ4v) is 4.09. The Hall–Kier alpha value is -2.81. The van der Waals surface area contributed by atoms with E-state index in [4.69, 9.17) is 9.39 Å². The van der Waals surface area contributed by atoms with E-state index in [0.717, 1.165) is 6.42 Å². The van der Waals surface area contributed by atoms with Crippen molar-refractivity contribution in [2.45, 2.75) is 37.8 Å². The van der Waals surface area contributed by atoms with E-state index in [1.807, 2.05) is 18.2 Å². The lowest BCUT2D eigenvalue weighted by Crippen LogP contribution is -2.50. The van der Waals surface area contributed by atoms with Gasteiger partial charge in [0.05, 0.1) is 12.6 Å². The summed E-state index contributed by atoms with van der Waals surface area (Å²) >= 11 is 0. The lowest BCUT2D eigenvalue weighted by Gasteiger charge is -2.29. The molecule has 0 aromatic carbocycles. The van der Waals surface area contributed by atoms with Crippen LogP contribution in [0.4, 0.5) is 4.79 Å². The maximum Gasteiger partial charge on any atom is 0.418 e. The van der Waals surface area contributed by atoms with Crippen molar-refractivity contribution in [2.75, 3.05) is 26.2 Å². The lowest BCUT2D eigenvalue weighted by atomic mass is 10.0. The molecule has 2 atom stereocenters. The number of nitrogens with one attached hydrogen (secondary N) is 1. The number of urea groups is 1. The lowest BCUT2D eigenvalue weighted by molar-refractivity contribution is -0.139. The molecule has 13 nitrogen and oxygen atoms in total. The van der Waals surface area contributed by atoms with Gasteiger partial charge in [-0.05, 0) is 31.4 Å². The van der Waals surface area contributed by atoms with E-state index in [1.165, 1.54) is 4.90 Å². The van der Waals surface area contributed by atoms with Gasteiger partial charge < -0.3 is 9.80 Å². The Morgan fingerprint density at radius 3 is 2.53 bits per heavy atom. The molecular weight excluding hydrogens is 446 g/mol. The van der Waals surface area contributed by atoms with Crippen LogP contribution < -0.4 is 5.48 Å². The Balaban J connectivity index is 0.000000416. The van der Waals surface area contributed by atoms with Crippen LogP contribution >= 0.6 is 0 Å². The molecular formula is C18H25N5O8S. The second kappa shape index (κ2) is 10.7. The Morgan fingerprint density at radius 2 is 1.97 bits per heavy atom. The largest absolute Gasteiger partial charge is 0.418 e. The van der Waals surface area contributed by atoms with Crippen molar-refractivity contribution in [2.24, 2.45) is 0 Å². The summed E-state index contributed by atoms with van der Waals surface area (Å²) in [6, 6.07) is 3.51. The number of piperidine rings is 1. The Labute approximate surface area is 185 Å². The number of pyridine rings is 1. The summed E-state index contributed by atoms with van der Waals surface area (Å²) in [5, 5.41) is 0.572. The van der Waals surface area contributed by atoms with Crippen molar-refractivity contribution in [1.29, 1.82) is 0 Å². The van der Waals surface area contributed by atoms with Gasteiger partial charge in [-0.1, -0.05) is 6.07 Å². The minimum Gasteiger partial charge on any atom is -0.340 e. The van der Waals surface area contributed by atoms with Gasteiger partial charge in [0.25, 0.3) is 5.91 Å². The topological polar surface area (TPSA) is 159 Å². The van der Waals surface area contributed by atoms with Gasteiger partial charge in [-0.3, -0.25) is 24.0 Å². The normalized spacial score (nSPS) is 22.6. The van der Waals surface area contributed by atoms with Gasteiger partial charge in [0.2, 0.25) is 5.91 Å². The zero-order chi connectivity index (χ0) is 23.1. The van der Waals surface area contributed by atoms with Crippen LogP contribution in [0.15, 0.2) is 30.6 Å². The number of hydroxylamine groups is 3. The summed E-state index contributed by atoms with van der Waals surface area (Å²) in [6.45, 7) is 1.27. The molecule has 0 radical (unpaired) electrons. The maximum atomic E-state index is 12.2. The van der Waals surface area contributed by atoms with Crippen LogP contribution in [0.5, 0.6) is 0 Å². The zero-order valence-corrected chi connectivity index (χ0v) is 18.0. The molecule has 2 N–H and O–H groups in total. The van der Waals surface area contributed by atoms with Gasteiger partial charge in [-0.2, -0.15) is 13.5 Å². The van der Waals surface area contributed by atoms with Crippen LogP contribution in [-0.2, 0) is 29.1 Å². The van der Waals surface area contributed by atoms with E-state index < -0.39 is 34.4 Å². The van der Waals surface area contributed by atoms with E-state index in [1.54, 1.807) is 17.3 Å². The summed E-state index contributed by atoms with van der Waals surface area (Å²) in [7, 11) is -4.83. The summed E-state index contributed by atoms with van der Waals surface area (Å²) in [5.41, 5.74) is 2.26. The molecule has 3 aliphatic rings. The van der Waals surface area contributed by atoms with Gasteiger partial charge in [0, 0.05) is 38.4 Å². The Kier molecular flexibility index (Phi) is 7.95. The highest BCUT2D eigenvalue weighted by molar-refractivity contribution is 7.80. The van der Waals surface area contributed by atoms with Crippen LogP contribution in [-0.4, -0.2) is 89.0 Å². The third-order valence-corrected chi connectivity index (χ3v) is 5.52. The molecule has 4 amide bonds. The molecule has 3 aliphatic heterocycles. The van der Waals surface area contributed by atoms with Crippen LogP contribution in [0.3, 0.4) is 0 Å². The second-order valence-corrected chi connectivity index (χ2v) is 8.34. The average molecular weight is 471 g/mol. The molecule has 0 unspecified atom stereocenters. The quantitative estimate of drug-likeness (QED) is 0.310. The van der Waals surface area contributed by atoms with Gasteiger partial charge in [0.1, 0.15) is 6.04 Å². The van der Waals surface area contributed by atoms with Crippen LogP contribution in [0.2, 0.25) is 0 Å². The number of nitrogens with zero attached hydrogens (tertiary/aromatic N) is 4. The molecule has 4 rings (SSSR count). The fourth-order valence-electron chi connectivity index (χ4n) is 3.70. The number of hydrogen-bond donors (Lipinski definition) is 2. The first kappa shape index (κ1) is 23.8. The highest BCUT2D eigenvalue weighted by Gasteiger charge is 2.49. The van der Waals surface area contributed by atoms with Crippen molar-refractivity contribution < 1.29 is 36.5 Å². The highest BCUT2D eigenvalue weighted by atomic mass is 32.3. The standard InChI is InChI=1S/C13H20N4O8S.C5H5N/c18-11-2-1-5-15(11)6-7-24-14-12(19)10-4-3-9-8-16(10)13(20)17(9)25-26(21,22)23;1-2-4-6-5-3-1/h9-10H,1-8H2,(H,14,19)(H,21,22,23);1-5H/t9-,10+;/m1./s1.